The molecule has 1 heterocycles. The summed E-state index contributed by atoms with van der Waals surface area (Å²) in [6, 6.07) is 14.4. The molecule has 1 atom stereocenters. The van der Waals surface area contributed by atoms with Gasteiger partial charge < -0.3 is 10.6 Å². The van der Waals surface area contributed by atoms with Crippen LogP contribution < -0.4 is 10.6 Å². The number of carbonyl (C=O) groups excluding carboxylic acids is 2. The van der Waals surface area contributed by atoms with Gasteiger partial charge in [0.1, 0.15) is 12.7 Å². The first-order chi connectivity index (χ1) is 13.0. The van der Waals surface area contributed by atoms with Crippen LogP contribution in [-0.4, -0.2) is 33.1 Å². The molecule has 3 rings (SSSR count). The minimum atomic E-state index is -0.289. The Morgan fingerprint density at radius 3 is 2.44 bits per heavy atom. The Bertz CT molecular complexity index is 908. The monoisotopic (exact) mass is 427 g/mol. The number of aromatic nitrogens is 3. The Hall–Kier alpha value is -3.00. The third-order valence-corrected chi connectivity index (χ3v) is 4.50. The van der Waals surface area contributed by atoms with Crippen molar-refractivity contribution in [2.45, 2.75) is 13.0 Å². The van der Waals surface area contributed by atoms with Gasteiger partial charge >= 0.3 is 0 Å². The van der Waals surface area contributed by atoms with Crippen LogP contribution in [0.2, 0.25) is 0 Å². The molecule has 0 aliphatic rings. The van der Waals surface area contributed by atoms with Crippen LogP contribution in [0.25, 0.3) is 5.69 Å². The van der Waals surface area contributed by atoms with Crippen molar-refractivity contribution >= 4 is 27.7 Å². The maximum Gasteiger partial charge on any atom is 0.251 e. The van der Waals surface area contributed by atoms with E-state index in [0.717, 1.165) is 15.7 Å². The fourth-order valence-corrected chi connectivity index (χ4v) is 2.76. The minimum Gasteiger partial charge on any atom is -0.348 e. The molecule has 0 fully saturated rings. The van der Waals surface area contributed by atoms with Crippen LogP contribution in [0.1, 0.15) is 28.9 Å². The number of hydrogen-bond donors (Lipinski definition) is 2. The fourth-order valence-electron chi connectivity index (χ4n) is 2.50. The average Bonchev–Trinajstić information content (AvgIpc) is 3.21. The molecular weight excluding hydrogens is 410 g/mol. The summed E-state index contributed by atoms with van der Waals surface area (Å²) in [5.41, 5.74) is 2.34. The van der Waals surface area contributed by atoms with Gasteiger partial charge in [0, 0.05) is 10.0 Å². The lowest BCUT2D eigenvalue weighted by Crippen LogP contribution is -2.38. The van der Waals surface area contributed by atoms with E-state index in [9.17, 15) is 9.59 Å². The van der Waals surface area contributed by atoms with E-state index in [-0.39, 0.29) is 24.4 Å². The van der Waals surface area contributed by atoms with Crippen molar-refractivity contribution in [3.8, 4) is 5.69 Å². The van der Waals surface area contributed by atoms with E-state index in [1.54, 1.807) is 35.3 Å². The highest BCUT2D eigenvalue weighted by atomic mass is 79.9. The lowest BCUT2D eigenvalue weighted by Gasteiger charge is -2.15. The van der Waals surface area contributed by atoms with Crippen molar-refractivity contribution in [3.05, 3.63) is 76.8 Å². The topological polar surface area (TPSA) is 88.9 Å². The number of rotatable bonds is 6. The molecule has 27 heavy (non-hydrogen) atoms. The predicted molar refractivity (Wildman–Crippen MR) is 104 cm³/mol. The van der Waals surface area contributed by atoms with Gasteiger partial charge in [0.05, 0.1) is 18.3 Å². The molecule has 0 bridgehead atoms. The van der Waals surface area contributed by atoms with E-state index in [2.05, 4.69) is 36.6 Å². The van der Waals surface area contributed by atoms with E-state index >= 15 is 0 Å². The molecule has 0 radical (unpaired) electrons. The Kier molecular flexibility index (Phi) is 5.97. The molecule has 3 aromatic rings. The van der Waals surface area contributed by atoms with Crippen molar-refractivity contribution in [1.29, 1.82) is 0 Å². The van der Waals surface area contributed by atoms with Crippen LogP contribution in [-0.2, 0) is 4.79 Å². The Morgan fingerprint density at radius 2 is 1.81 bits per heavy atom. The highest BCUT2D eigenvalue weighted by Gasteiger charge is 2.12. The number of benzene rings is 2. The standard InChI is InChI=1S/C19H18BrN5O2/c1-13(14-4-8-17(9-5-14)25-12-21-11-23-25)24-18(26)10-22-19(27)15-2-6-16(20)7-3-15/h2-9,11-13H,10H2,1H3,(H,22,27)(H,24,26). The van der Waals surface area contributed by atoms with Crippen LogP contribution >= 0.6 is 15.9 Å². The zero-order chi connectivity index (χ0) is 19.2. The molecule has 1 unspecified atom stereocenters. The first-order valence-corrected chi connectivity index (χ1v) is 9.10. The summed E-state index contributed by atoms with van der Waals surface area (Å²) in [6.45, 7) is 1.80. The van der Waals surface area contributed by atoms with Gasteiger partial charge in [-0.3, -0.25) is 9.59 Å². The Balaban J connectivity index is 1.51. The molecule has 2 amide bonds. The number of amides is 2. The summed E-state index contributed by atoms with van der Waals surface area (Å²) >= 11 is 3.32. The second-order valence-electron chi connectivity index (χ2n) is 5.91. The fraction of sp³-hybridized carbons (Fsp3) is 0.158. The summed E-state index contributed by atoms with van der Waals surface area (Å²) < 4.78 is 2.55. The number of nitrogens with one attached hydrogen (secondary N) is 2. The van der Waals surface area contributed by atoms with Crippen LogP contribution in [0.3, 0.4) is 0 Å². The second-order valence-corrected chi connectivity index (χ2v) is 6.83. The van der Waals surface area contributed by atoms with Gasteiger partial charge in [-0.2, -0.15) is 5.10 Å². The van der Waals surface area contributed by atoms with Gasteiger partial charge in [0.15, 0.2) is 0 Å². The highest BCUT2D eigenvalue weighted by molar-refractivity contribution is 9.10. The molecule has 0 aliphatic carbocycles. The van der Waals surface area contributed by atoms with E-state index in [1.807, 2.05) is 31.2 Å². The SMILES string of the molecule is CC(NC(=O)CNC(=O)c1ccc(Br)cc1)c1ccc(-n2cncn2)cc1. The predicted octanol–water partition coefficient (Wildman–Crippen LogP) is 2.64. The van der Waals surface area contributed by atoms with E-state index in [1.165, 1.54) is 6.33 Å². The summed E-state index contributed by atoms with van der Waals surface area (Å²) in [5.74, 6) is -0.546. The van der Waals surface area contributed by atoms with E-state index in [0.29, 0.717) is 5.56 Å². The van der Waals surface area contributed by atoms with Crippen LogP contribution in [0, 0.1) is 0 Å². The minimum absolute atomic E-state index is 0.0870. The summed E-state index contributed by atoms with van der Waals surface area (Å²) in [7, 11) is 0. The zero-order valence-corrected chi connectivity index (χ0v) is 16.2. The first kappa shape index (κ1) is 18.8. The molecule has 0 saturated heterocycles. The smallest absolute Gasteiger partial charge is 0.251 e. The lowest BCUT2D eigenvalue weighted by atomic mass is 10.1. The number of halogens is 1. The Labute approximate surface area is 164 Å². The third kappa shape index (κ3) is 5.01. The van der Waals surface area contributed by atoms with Gasteiger partial charge in [-0.25, -0.2) is 9.67 Å². The molecular formula is C19H18BrN5O2. The quantitative estimate of drug-likeness (QED) is 0.632. The van der Waals surface area contributed by atoms with Crippen LogP contribution in [0.15, 0.2) is 65.7 Å². The molecule has 0 spiro atoms. The van der Waals surface area contributed by atoms with Crippen molar-refractivity contribution in [3.63, 3.8) is 0 Å². The van der Waals surface area contributed by atoms with Crippen LogP contribution in [0.5, 0.6) is 0 Å². The van der Waals surface area contributed by atoms with Crippen molar-refractivity contribution in [1.82, 2.24) is 25.4 Å². The van der Waals surface area contributed by atoms with E-state index in [4.69, 9.17) is 0 Å². The van der Waals surface area contributed by atoms with Gasteiger partial charge in [0.25, 0.3) is 5.91 Å². The maximum absolute atomic E-state index is 12.1. The number of hydrogen-bond acceptors (Lipinski definition) is 4. The van der Waals surface area contributed by atoms with Crippen LogP contribution in [0.4, 0.5) is 0 Å². The molecule has 8 heteroatoms. The molecule has 2 N–H and O–H groups in total. The molecule has 7 nitrogen and oxygen atoms in total. The van der Waals surface area contributed by atoms with Gasteiger partial charge in [-0.05, 0) is 48.9 Å². The molecule has 138 valence electrons. The summed E-state index contributed by atoms with van der Waals surface area (Å²) in [4.78, 5) is 28.1. The lowest BCUT2D eigenvalue weighted by molar-refractivity contribution is -0.120. The van der Waals surface area contributed by atoms with Gasteiger partial charge in [-0.1, -0.05) is 28.1 Å². The van der Waals surface area contributed by atoms with Crippen molar-refractivity contribution in [2.24, 2.45) is 0 Å². The molecule has 0 aliphatic heterocycles. The highest BCUT2D eigenvalue weighted by Crippen LogP contribution is 2.15. The van der Waals surface area contributed by atoms with Gasteiger partial charge in [-0.15, -0.1) is 0 Å². The normalized spacial score (nSPS) is 11.6. The Morgan fingerprint density at radius 1 is 1.11 bits per heavy atom. The van der Waals surface area contributed by atoms with Crippen molar-refractivity contribution in [2.75, 3.05) is 6.54 Å². The van der Waals surface area contributed by atoms with E-state index < -0.39 is 0 Å². The summed E-state index contributed by atoms with van der Waals surface area (Å²) in [5, 5.41) is 9.56. The number of nitrogens with zero attached hydrogens (tertiary/aromatic N) is 3. The zero-order valence-electron chi connectivity index (χ0n) is 14.6. The van der Waals surface area contributed by atoms with Gasteiger partial charge in [0.2, 0.25) is 5.91 Å². The first-order valence-electron chi connectivity index (χ1n) is 8.31. The molecule has 2 aromatic carbocycles. The summed E-state index contributed by atoms with van der Waals surface area (Å²) in [6.07, 6.45) is 3.09. The molecule has 1 aromatic heterocycles. The number of carbonyl (C=O) groups is 2. The largest absolute Gasteiger partial charge is 0.348 e. The van der Waals surface area contributed by atoms with Crippen molar-refractivity contribution < 1.29 is 9.59 Å². The third-order valence-electron chi connectivity index (χ3n) is 3.97. The maximum atomic E-state index is 12.1. The average molecular weight is 428 g/mol. The molecule has 0 saturated carbocycles. The second kappa shape index (κ2) is 8.59.